The van der Waals surface area contributed by atoms with E-state index in [0.717, 1.165) is 12.8 Å². The highest BCUT2D eigenvalue weighted by Crippen LogP contribution is 2.29. The summed E-state index contributed by atoms with van der Waals surface area (Å²) in [7, 11) is 1.79. The number of aromatic nitrogens is 2. The van der Waals surface area contributed by atoms with Gasteiger partial charge in [0.1, 0.15) is 0 Å². The fourth-order valence-electron chi connectivity index (χ4n) is 3.57. The molecule has 0 atom stereocenters. The maximum Gasteiger partial charge on any atom is 0.289 e. The average molecular weight is 433 g/mol. The lowest BCUT2D eigenvalue weighted by atomic mass is 10.1. The molecule has 10 nitrogen and oxygen atoms in total. The van der Waals surface area contributed by atoms with E-state index in [1.807, 2.05) is 0 Å². The van der Waals surface area contributed by atoms with E-state index in [0.29, 0.717) is 55.2 Å². The number of hydrogen-bond donors (Lipinski definition) is 0. The van der Waals surface area contributed by atoms with Crippen LogP contribution < -0.4 is 9.80 Å². The number of anilines is 2. The van der Waals surface area contributed by atoms with Crippen LogP contribution in [-0.4, -0.2) is 84.0 Å². The summed E-state index contributed by atoms with van der Waals surface area (Å²) < 4.78 is 5.16. The molecular formula is C19H24N6O4S. The third-order valence-electron chi connectivity index (χ3n) is 5.31. The van der Waals surface area contributed by atoms with E-state index < -0.39 is 0 Å². The van der Waals surface area contributed by atoms with E-state index in [1.54, 1.807) is 38.8 Å². The lowest BCUT2D eigenvalue weighted by molar-refractivity contribution is -0.131. The molecule has 0 radical (unpaired) electrons. The first kappa shape index (κ1) is 20.3. The van der Waals surface area contributed by atoms with Crippen molar-refractivity contribution in [1.82, 2.24) is 20.0 Å². The summed E-state index contributed by atoms with van der Waals surface area (Å²) >= 11 is 1.32. The van der Waals surface area contributed by atoms with Crippen LogP contribution >= 0.6 is 11.3 Å². The molecule has 4 heterocycles. The van der Waals surface area contributed by atoms with Crippen molar-refractivity contribution in [1.29, 1.82) is 0 Å². The van der Waals surface area contributed by atoms with Crippen LogP contribution in [0, 0.1) is 0 Å². The summed E-state index contributed by atoms with van der Waals surface area (Å²) in [4.78, 5) is 44.0. The van der Waals surface area contributed by atoms with Gasteiger partial charge in [-0.2, -0.15) is 0 Å². The molecule has 11 heteroatoms. The predicted molar refractivity (Wildman–Crippen MR) is 111 cm³/mol. The first-order valence-corrected chi connectivity index (χ1v) is 10.8. The van der Waals surface area contributed by atoms with E-state index in [1.165, 1.54) is 17.6 Å². The molecule has 0 bridgehead atoms. The van der Waals surface area contributed by atoms with Gasteiger partial charge in [0.15, 0.2) is 5.76 Å². The average Bonchev–Trinajstić information content (AvgIpc) is 3.46. The van der Waals surface area contributed by atoms with Crippen molar-refractivity contribution in [2.75, 3.05) is 56.1 Å². The van der Waals surface area contributed by atoms with Crippen LogP contribution in [0.25, 0.3) is 0 Å². The Morgan fingerprint density at radius 1 is 1.13 bits per heavy atom. The Morgan fingerprint density at radius 3 is 2.60 bits per heavy atom. The number of amides is 3. The zero-order chi connectivity index (χ0) is 21.1. The van der Waals surface area contributed by atoms with Gasteiger partial charge in [-0.1, -0.05) is 11.3 Å². The molecule has 0 saturated carbocycles. The summed E-state index contributed by atoms with van der Waals surface area (Å²) in [5.41, 5.74) is 0. The van der Waals surface area contributed by atoms with Gasteiger partial charge in [-0.25, -0.2) is 0 Å². The quantitative estimate of drug-likeness (QED) is 0.696. The minimum Gasteiger partial charge on any atom is -0.459 e. The van der Waals surface area contributed by atoms with E-state index >= 15 is 0 Å². The molecule has 3 amide bonds. The molecular weight excluding hydrogens is 408 g/mol. The van der Waals surface area contributed by atoms with Gasteiger partial charge in [0, 0.05) is 46.2 Å². The number of carbonyl (C=O) groups excluding carboxylic acids is 3. The van der Waals surface area contributed by atoms with E-state index in [2.05, 4.69) is 10.2 Å². The van der Waals surface area contributed by atoms with Crippen molar-refractivity contribution in [3.63, 3.8) is 0 Å². The molecule has 0 spiro atoms. The first-order valence-electron chi connectivity index (χ1n) is 9.98. The molecule has 0 unspecified atom stereocenters. The fraction of sp³-hybridized carbons (Fsp3) is 0.526. The first-order chi connectivity index (χ1) is 14.5. The van der Waals surface area contributed by atoms with Gasteiger partial charge in [-0.15, -0.1) is 10.2 Å². The number of rotatable bonds is 5. The number of piperazine rings is 1. The number of furan rings is 1. The maximum atomic E-state index is 12.7. The fourth-order valence-corrected chi connectivity index (χ4v) is 4.42. The Labute approximate surface area is 178 Å². The normalized spacial score (nSPS) is 17.4. The lowest BCUT2D eigenvalue weighted by Gasteiger charge is -2.35. The zero-order valence-electron chi connectivity index (χ0n) is 16.8. The summed E-state index contributed by atoms with van der Waals surface area (Å²) in [6, 6.07) is 3.32. The largest absolute Gasteiger partial charge is 0.459 e. The third-order valence-corrected chi connectivity index (χ3v) is 6.37. The Balaban J connectivity index is 1.29. The summed E-state index contributed by atoms with van der Waals surface area (Å²) in [6.45, 7) is 2.71. The molecule has 2 saturated heterocycles. The second kappa shape index (κ2) is 8.82. The van der Waals surface area contributed by atoms with Gasteiger partial charge in [0.2, 0.25) is 22.1 Å². The monoisotopic (exact) mass is 432 g/mol. The van der Waals surface area contributed by atoms with Crippen LogP contribution in [0.2, 0.25) is 0 Å². The van der Waals surface area contributed by atoms with Crippen LogP contribution in [0.15, 0.2) is 22.8 Å². The molecule has 2 aromatic heterocycles. The van der Waals surface area contributed by atoms with Crippen LogP contribution in [0.1, 0.15) is 29.8 Å². The van der Waals surface area contributed by atoms with E-state index in [4.69, 9.17) is 4.42 Å². The van der Waals surface area contributed by atoms with Crippen LogP contribution in [0.3, 0.4) is 0 Å². The van der Waals surface area contributed by atoms with Crippen LogP contribution in [-0.2, 0) is 9.59 Å². The van der Waals surface area contributed by atoms with E-state index in [9.17, 15) is 14.4 Å². The Bertz CT molecular complexity index is 906. The highest BCUT2D eigenvalue weighted by Gasteiger charge is 2.28. The molecule has 0 aliphatic carbocycles. The van der Waals surface area contributed by atoms with Crippen LogP contribution in [0.5, 0.6) is 0 Å². The molecule has 2 fully saturated rings. The minimum atomic E-state index is -0.155. The van der Waals surface area contributed by atoms with Crippen molar-refractivity contribution >= 4 is 39.3 Å². The Morgan fingerprint density at radius 2 is 1.90 bits per heavy atom. The van der Waals surface area contributed by atoms with Crippen molar-refractivity contribution in [3.05, 3.63) is 24.2 Å². The lowest BCUT2D eigenvalue weighted by Crippen LogP contribution is -2.52. The molecule has 2 aliphatic rings. The molecule has 160 valence electrons. The van der Waals surface area contributed by atoms with Gasteiger partial charge in [-0.05, 0) is 25.0 Å². The SMILES string of the molecule is CN(CC(=O)N1CCN(C(=O)c2ccco2)CC1)c1nnc(N2CCCCC2=O)s1. The maximum absolute atomic E-state index is 12.7. The van der Waals surface area contributed by atoms with Crippen LogP contribution in [0.4, 0.5) is 10.3 Å². The number of nitrogens with zero attached hydrogens (tertiary/aromatic N) is 6. The Kier molecular flexibility index (Phi) is 5.98. The van der Waals surface area contributed by atoms with Crippen molar-refractivity contribution in [2.45, 2.75) is 19.3 Å². The second-order valence-electron chi connectivity index (χ2n) is 7.38. The van der Waals surface area contributed by atoms with Gasteiger partial charge < -0.3 is 19.1 Å². The van der Waals surface area contributed by atoms with Gasteiger partial charge in [0.05, 0.1) is 12.8 Å². The topological polar surface area (TPSA) is 103 Å². The van der Waals surface area contributed by atoms with Crippen molar-refractivity contribution in [2.24, 2.45) is 0 Å². The van der Waals surface area contributed by atoms with Gasteiger partial charge >= 0.3 is 0 Å². The second-order valence-corrected chi connectivity index (χ2v) is 8.31. The summed E-state index contributed by atoms with van der Waals surface area (Å²) in [5, 5.41) is 9.48. The molecule has 30 heavy (non-hydrogen) atoms. The van der Waals surface area contributed by atoms with Crippen molar-refractivity contribution in [3.8, 4) is 0 Å². The van der Waals surface area contributed by atoms with E-state index in [-0.39, 0.29) is 24.3 Å². The molecule has 0 aromatic carbocycles. The highest BCUT2D eigenvalue weighted by molar-refractivity contribution is 7.19. The number of likely N-dealkylation sites (N-methyl/N-ethyl adjacent to an activating group) is 1. The molecule has 4 rings (SSSR count). The number of piperidine rings is 1. The van der Waals surface area contributed by atoms with Gasteiger partial charge in [0.25, 0.3) is 5.91 Å². The highest BCUT2D eigenvalue weighted by atomic mass is 32.1. The van der Waals surface area contributed by atoms with Gasteiger partial charge in [-0.3, -0.25) is 19.3 Å². The minimum absolute atomic E-state index is 0.0339. The number of hydrogen-bond acceptors (Lipinski definition) is 8. The smallest absolute Gasteiger partial charge is 0.289 e. The molecule has 0 N–H and O–H groups in total. The summed E-state index contributed by atoms with van der Waals surface area (Å²) in [5.74, 6) is 0.199. The third kappa shape index (κ3) is 4.30. The number of carbonyl (C=O) groups is 3. The summed E-state index contributed by atoms with van der Waals surface area (Å²) in [6.07, 6.45) is 3.89. The standard InChI is InChI=1S/C19H24N6O4S/c1-22(18-20-21-19(30-18)25-7-3-2-6-15(25)26)13-16(27)23-8-10-24(11-9-23)17(28)14-5-4-12-29-14/h4-5,12H,2-3,6-11,13H2,1H3. The van der Waals surface area contributed by atoms with Crippen molar-refractivity contribution < 1.29 is 18.8 Å². The predicted octanol–water partition coefficient (Wildman–Crippen LogP) is 1.07. The molecule has 2 aromatic rings. The molecule has 2 aliphatic heterocycles. The Hall–Kier alpha value is -2.95. The zero-order valence-corrected chi connectivity index (χ0v) is 17.6.